The lowest BCUT2D eigenvalue weighted by atomic mass is 9.88. The lowest BCUT2D eigenvalue weighted by Crippen LogP contribution is -2.24. The van der Waals surface area contributed by atoms with E-state index in [0.717, 1.165) is 16.8 Å². The third-order valence-electron chi connectivity index (χ3n) is 5.72. The third-order valence-corrected chi connectivity index (χ3v) is 7.25. The number of hydrogen-bond acceptors (Lipinski definition) is 5. The molecular formula is C20H23N3O5S. The molecular weight excluding hydrogens is 394 g/mol. The molecule has 3 aliphatic rings. The van der Waals surface area contributed by atoms with Crippen LogP contribution in [0.25, 0.3) is 5.57 Å². The number of ether oxygens (including phenoxy) is 1. The summed E-state index contributed by atoms with van der Waals surface area (Å²) in [6.45, 7) is 3.87. The fourth-order valence-electron chi connectivity index (χ4n) is 4.41. The van der Waals surface area contributed by atoms with E-state index in [1.165, 1.54) is 13.1 Å². The largest absolute Gasteiger partial charge is 0.462 e. The van der Waals surface area contributed by atoms with Crippen LogP contribution >= 0.6 is 0 Å². The molecule has 29 heavy (non-hydrogen) atoms. The average molecular weight is 417 g/mol. The Labute approximate surface area is 169 Å². The lowest BCUT2D eigenvalue weighted by Gasteiger charge is -2.19. The Kier molecular flexibility index (Phi) is 4.74. The molecule has 0 saturated carbocycles. The summed E-state index contributed by atoms with van der Waals surface area (Å²) in [7, 11) is -2.20. The molecule has 8 nitrogen and oxygen atoms in total. The smallest absolute Gasteiger partial charge is 0.340 e. The third kappa shape index (κ3) is 3.05. The molecule has 0 aromatic carbocycles. The maximum absolute atomic E-state index is 12.8. The van der Waals surface area contributed by atoms with Gasteiger partial charge in [0, 0.05) is 28.6 Å². The van der Waals surface area contributed by atoms with Crippen LogP contribution in [0.5, 0.6) is 0 Å². The predicted molar refractivity (Wildman–Crippen MR) is 107 cm³/mol. The van der Waals surface area contributed by atoms with Crippen LogP contribution in [-0.2, 0) is 26.0 Å². The molecule has 1 fully saturated rings. The van der Waals surface area contributed by atoms with Crippen LogP contribution < -0.4 is 10.0 Å². The number of carbonyl (C=O) groups excluding carboxylic acids is 2. The molecule has 1 atom stereocenters. The Morgan fingerprint density at radius 2 is 2.07 bits per heavy atom. The Morgan fingerprint density at radius 3 is 2.76 bits per heavy atom. The van der Waals surface area contributed by atoms with Crippen LogP contribution in [0.4, 0.5) is 0 Å². The highest BCUT2D eigenvalue weighted by atomic mass is 32.2. The molecule has 0 spiro atoms. The van der Waals surface area contributed by atoms with Crippen molar-refractivity contribution in [2.45, 2.75) is 33.1 Å². The number of amides is 1. The van der Waals surface area contributed by atoms with E-state index in [0.29, 0.717) is 42.0 Å². The van der Waals surface area contributed by atoms with Crippen molar-refractivity contribution >= 4 is 27.5 Å². The van der Waals surface area contributed by atoms with Gasteiger partial charge in [-0.3, -0.25) is 4.79 Å². The molecule has 1 unspecified atom stereocenters. The lowest BCUT2D eigenvalue weighted by molar-refractivity contribution is -0.115. The maximum Gasteiger partial charge on any atom is 0.340 e. The van der Waals surface area contributed by atoms with Gasteiger partial charge in [0.25, 0.3) is 5.91 Å². The predicted octanol–water partition coefficient (Wildman–Crippen LogP) is 1.67. The van der Waals surface area contributed by atoms with Gasteiger partial charge in [-0.05, 0) is 63.4 Å². The van der Waals surface area contributed by atoms with Crippen molar-refractivity contribution < 1.29 is 22.7 Å². The van der Waals surface area contributed by atoms with Crippen molar-refractivity contribution in [1.29, 1.82) is 0 Å². The van der Waals surface area contributed by atoms with Gasteiger partial charge in [0.2, 0.25) is 10.0 Å². The number of carbonyl (C=O) groups is 2. The number of fused-ring (bicyclic) bond motifs is 2. The minimum absolute atomic E-state index is 0.215. The van der Waals surface area contributed by atoms with Crippen molar-refractivity contribution in [2.75, 3.05) is 13.7 Å². The molecule has 2 aliphatic carbocycles. The highest BCUT2D eigenvalue weighted by Gasteiger charge is 2.41. The molecule has 3 N–H and O–H groups in total. The van der Waals surface area contributed by atoms with Crippen LogP contribution in [0.15, 0.2) is 28.3 Å². The van der Waals surface area contributed by atoms with Crippen LogP contribution in [0.2, 0.25) is 0 Å². The number of allylic oxidation sites excluding steroid dienone is 5. The Hall–Kier alpha value is -2.65. The monoisotopic (exact) mass is 417 g/mol. The first-order valence-electron chi connectivity index (χ1n) is 9.56. The number of hydrogen-bond donors (Lipinski definition) is 3. The zero-order valence-corrected chi connectivity index (χ0v) is 17.3. The van der Waals surface area contributed by atoms with E-state index < -0.39 is 10.0 Å². The standard InChI is InChI=1S/C20H23N3O5S/c1-4-28-20(25)16-10(2)22-18-12(16)6-7-13(18)17-14-9-11(29(26,27)21-3)5-8-15(14)23-19(17)24/h5,8,14,21-22H,4,6-7,9H2,1-3H3,(H,23,24)/b17-13-. The van der Waals surface area contributed by atoms with E-state index in [1.807, 2.05) is 6.92 Å². The summed E-state index contributed by atoms with van der Waals surface area (Å²) in [4.78, 5) is 28.7. The first kappa shape index (κ1) is 19.7. The summed E-state index contributed by atoms with van der Waals surface area (Å²) >= 11 is 0. The first-order valence-corrected chi connectivity index (χ1v) is 11.0. The summed E-state index contributed by atoms with van der Waals surface area (Å²) in [6.07, 6.45) is 4.64. The van der Waals surface area contributed by atoms with Crippen LogP contribution in [0, 0.1) is 12.8 Å². The van der Waals surface area contributed by atoms with Crippen LogP contribution in [0.3, 0.4) is 0 Å². The number of H-pyrrole nitrogens is 1. The second-order valence-electron chi connectivity index (χ2n) is 7.26. The maximum atomic E-state index is 12.8. The fourth-order valence-corrected chi connectivity index (χ4v) is 5.30. The Balaban J connectivity index is 1.78. The van der Waals surface area contributed by atoms with Gasteiger partial charge >= 0.3 is 5.97 Å². The normalized spacial score (nSPS) is 23.3. The van der Waals surface area contributed by atoms with Crippen molar-refractivity contribution in [3.8, 4) is 0 Å². The molecule has 1 saturated heterocycles. The van der Waals surface area contributed by atoms with Gasteiger partial charge in [-0.2, -0.15) is 0 Å². The molecule has 154 valence electrons. The van der Waals surface area contributed by atoms with Gasteiger partial charge in [-0.1, -0.05) is 0 Å². The Bertz CT molecular complexity index is 1120. The van der Waals surface area contributed by atoms with E-state index in [4.69, 9.17) is 4.74 Å². The summed E-state index contributed by atoms with van der Waals surface area (Å²) in [5, 5.41) is 2.87. The zero-order valence-electron chi connectivity index (χ0n) is 16.5. The summed E-state index contributed by atoms with van der Waals surface area (Å²) in [5.41, 5.74) is 5.01. The molecule has 1 aromatic heterocycles. The van der Waals surface area contributed by atoms with Gasteiger partial charge in [-0.25, -0.2) is 17.9 Å². The van der Waals surface area contributed by atoms with Crippen molar-refractivity contribution in [3.05, 3.63) is 50.8 Å². The van der Waals surface area contributed by atoms with Crippen LogP contribution in [-0.4, -0.2) is 38.9 Å². The fraction of sp³-hybridized carbons (Fsp3) is 0.400. The second-order valence-corrected chi connectivity index (χ2v) is 9.20. The average Bonchev–Trinajstić information content (AvgIpc) is 3.31. The van der Waals surface area contributed by atoms with E-state index in [1.54, 1.807) is 13.0 Å². The minimum atomic E-state index is -3.57. The SMILES string of the molecule is CCOC(=O)c1c(C)[nH]c2c1CC/C2=C1/C(=O)NC2=CC=C(S(=O)(=O)NC)CC21. The highest BCUT2D eigenvalue weighted by Crippen LogP contribution is 2.45. The summed E-state index contributed by atoms with van der Waals surface area (Å²) in [5.74, 6) is -0.931. The van der Waals surface area contributed by atoms with E-state index in [2.05, 4.69) is 15.0 Å². The molecule has 1 amide bonds. The number of rotatable bonds is 4. The van der Waals surface area contributed by atoms with Gasteiger partial charge in [-0.15, -0.1) is 0 Å². The molecule has 4 rings (SSSR count). The molecule has 0 bridgehead atoms. The van der Waals surface area contributed by atoms with Crippen molar-refractivity contribution in [2.24, 2.45) is 5.92 Å². The number of nitrogens with one attached hydrogen (secondary N) is 3. The number of aromatic amines is 1. The molecule has 9 heteroatoms. The summed E-state index contributed by atoms with van der Waals surface area (Å²) < 4.78 is 32.0. The number of esters is 1. The summed E-state index contributed by atoms with van der Waals surface area (Å²) in [6, 6.07) is 0. The van der Waals surface area contributed by atoms with Crippen LogP contribution in [0.1, 0.15) is 47.1 Å². The zero-order chi connectivity index (χ0) is 20.9. The van der Waals surface area contributed by atoms with Gasteiger partial charge in [0.15, 0.2) is 0 Å². The first-order chi connectivity index (χ1) is 13.8. The number of aromatic nitrogens is 1. The molecule has 2 heterocycles. The van der Waals surface area contributed by atoms with E-state index in [-0.39, 0.29) is 29.1 Å². The van der Waals surface area contributed by atoms with E-state index >= 15 is 0 Å². The van der Waals surface area contributed by atoms with Crippen molar-refractivity contribution in [3.63, 3.8) is 0 Å². The number of sulfonamides is 1. The van der Waals surface area contributed by atoms with E-state index in [9.17, 15) is 18.0 Å². The molecule has 0 radical (unpaired) electrons. The molecule has 1 aliphatic heterocycles. The Morgan fingerprint density at radius 1 is 1.31 bits per heavy atom. The number of aryl methyl sites for hydroxylation is 1. The molecule has 1 aromatic rings. The van der Waals surface area contributed by atoms with Crippen molar-refractivity contribution in [1.82, 2.24) is 15.0 Å². The van der Waals surface area contributed by atoms with Gasteiger partial charge < -0.3 is 15.0 Å². The second kappa shape index (κ2) is 7.00. The van der Waals surface area contributed by atoms with Gasteiger partial charge in [0.1, 0.15) is 0 Å². The topological polar surface area (TPSA) is 117 Å². The minimum Gasteiger partial charge on any atom is -0.462 e. The van der Waals surface area contributed by atoms with Gasteiger partial charge in [0.05, 0.1) is 17.1 Å². The highest BCUT2D eigenvalue weighted by molar-refractivity contribution is 7.93. The quantitative estimate of drug-likeness (QED) is 0.509.